The van der Waals surface area contributed by atoms with Crippen molar-refractivity contribution in [3.63, 3.8) is 0 Å². The van der Waals surface area contributed by atoms with Crippen molar-refractivity contribution in [3.8, 4) is 0 Å². The molecule has 1 saturated heterocycles. The van der Waals surface area contributed by atoms with E-state index in [0.717, 1.165) is 5.69 Å². The number of hydrogen-bond acceptors (Lipinski definition) is 3. The monoisotopic (exact) mass is 252 g/mol. The van der Waals surface area contributed by atoms with Gasteiger partial charge in [0.05, 0.1) is 5.56 Å². The maximum atomic E-state index is 13.8. The highest BCUT2D eigenvalue weighted by molar-refractivity contribution is 5.95. The van der Waals surface area contributed by atoms with Crippen LogP contribution in [0.4, 0.5) is 10.1 Å². The quantitative estimate of drug-likeness (QED) is 0.871. The van der Waals surface area contributed by atoms with Crippen LogP contribution >= 0.6 is 0 Å². The SMILES string of the molecule is CN(C)c1ccc(C(=O)N2CC(CO)C2)c(F)c1. The Balaban J connectivity index is 2.12. The number of anilines is 1. The first kappa shape index (κ1) is 12.8. The Hall–Kier alpha value is -1.62. The fourth-order valence-electron chi connectivity index (χ4n) is 1.98. The Morgan fingerprint density at radius 3 is 2.67 bits per heavy atom. The van der Waals surface area contributed by atoms with Crippen LogP contribution in [-0.2, 0) is 0 Å². The van der Waals surface area contributed by atoms with E-state index in [1.807, 2.05) is 14.1 Å². The third kappa shape index (κ3) is 2.31. The Morgan fingerprint density at radius 1 is 1.50 bits per heavy atom. The molecule has 2 rings (SSSR count). The molecule has 18 heavy (non-hydrogen) atoms. The molecule has 4 nitrogen and oxygen atoms in total. The Kier molecular flexibility index (Phi) is 3.52. The highest BCUT2D eigenvalue weighted by atomic mass is 19.1. The molecule has 0 spiro atoms. The summed E-state index contributed by atoms with van der Waals surface area (Å²) >= 11 is 0. The Morgan fingerprint density at radius 2 is 2.17 bits per heavy atom. The minimum atomic E-state index is -0.501. The molecule has 0 aliphatic carbocycles. The van der Waals surface area contributed by atoms with E-state index in [2.05, 4.69) is 0 Å². The van der Waals surface area contributed by atoms with Gasteiger partial charge in [0.2, 0.25) is 0 Å². The number of amides is 1. The molecule has 0 unspecified atom stereocenters. The number of likely N-dealkylation sites (tertiary alicyclic amines) is 1. The number of benzene rings is 1. The molecule has 1 N–H and O–H groups in total. The van der Waals surface area contributed by atoms with Gasteiger partial charge in [0.1, 0.15) is 5.82 Å². The maximum Gasteiger partial charge on any atom is 0.256 e. The lowest BCUT2D eigenvalue weighted by Crippen LogP contribution is -2.51. The van der Waals surface area contributed by atoms with Crippen LogP contribution in [0.2, 0.25) is 0 Å². The predicted molar refractivity (Wildman–Crippen MR) is 67.2 cm³/mol. The molecule has 1 heterocycles. The van der Waals surface area contributed by atoms with Crippen LogP contribution in [0.5, 0.6) is 0 Å². The van der Waals surface area contributed by atoms with Crippen molar-refractivity contribution in [3.05, 3.63) is 29.6 Å². The van der Waals surface area contributed by atoms with E-state index >= 15 is 0 Å². The van der Waals surface area contributed by atoms with Crippen LogP contribution in [0.15, 0.2) is 18.2 Å². The highest BCUT2D eigenvalue weighted by Gasteiger charge is 2.31. The average molecular weight is 252 g/mol. The molecule has 1 aromatic rings. The second-order valence-electron chi connectivity index (χ2n) is 4.82. The molecule has 1 aliphatic heterocycles. The van der Waals surface area contributed by atoms with Crippen molar-refractivity contribution in [1.29, 1.82) is 0 Å². The first-order chi connectivity index (χ1) is 8.52. The molecule has 0 radical (unpaired) electrons. The summed E-state index contributed by atoms with van der Waals surface area (Å²) in [6.45, 7) is 1.08. The lowest BCUT2D eigenvalue weighted by atomic mass is 10.00. The molecule has 5 heteroatoms. The van der Waals surface area contributed by atoms with Crippen molar-refractivity contribution < 1.29 is 14.3 Å². The van der Waals surface area contributed by atoms with Gasteiger partial charge in [0.15, 0.2) is 0 Å². The van der Waals surface area contributed by atoms with E-state index in [1.165, 1.54) is 12.1 Å². The van der Waals surface area contributed by atoms with Crippen LogP contribution in [-0.4, -0.2) is 49.7 Å². The summed E-state index contributed by atoms with van der Waals surface area (Å²) in [5.74, 6) is -0.667. The van der Waals surface area contributed by atoms with E-state index in [4.69, 9.17) is 5.11 Å². The number of hydrogen-bond donors (Lipinski definition) is 1. The number of aliphatic hydroxyl groups is 1. The maximum absolute atomic E-state index is 13.8. The lowest BCUT2D eigenvalue weighted by Gasteiger charge is -2.38. The van der Waals surface area contributed by atoms with Gasteiger partial charge in [-0.05, 0) is 18.2 Å². The van der Waals surface area contributed by atoms with Crippen LogP contribution in [0.1, 0.15) is 10.4 Å². The van der Waals surface area contributed by atoms with Crippen LogP contribution in [0.3, 0.4) is 0 Å². The van der Waals surface area contributed by atoms with E-state index in [9.17, 15) is 9.18 Å². The third-order valence-corrected chi connectivity index (χ3v) is 3.20. The molecule has 1 amide bonds. The summed E-state index contributed by atoms with van der Waals surface area (Å²) in [5.41, 5.74) is 0.817. The van der Waals surface area contributed by atoms with Crippen molar-refractivity contribution in [2.45, 2.75) is 0 Å². The van der Waals surface area contributed by atoms with E-state index < -0.39 is 5.82 Å². The first-order valence-electron chi connectivity index (χ1n) is 5.90. The molecular weight excluding hydrogens is 235 g/mol. The predicted octanol–water partition coefficient (Wildman–Crippen LogP) is 0.956. The van der Waals surface area contributed by atoms with Crippen molar-refractivity contribution in [2.24, 2.45) is 5.92 Å². The van der Waals surface area contributed by atoms with Gasteiger partial charge < -0.3 is 14.9 Å². The van der Waals surface area contributed by atoms with Gasteiger partial charge in [0, 0.05) is 45.4 Å². The molecule has 0 atom stereocenters. The van der Waals surface area contributed by atoms with E-state index in [0.29, 0.717) is 13.1 Å². The number of carbonyl (C=O) groups excluding carboxylic acids is 1. The van der Waals surface area contributed by atoms with Gasteiger partial charge in [-0.15, -0.1) is 0 Å². The van der Waals surface area contributed by atoms with Gasteiger partial charge >= 0.3 is 0 Å². The summed E-state index contributed by atoms with van der Waals surface area (Å²) in [4.78, 5) is 15.3. The number of halogens is 1. The molecular formula is C13H17FN2O2. The average Bonchev–Trinajstić information content (AvgIpc) is 2.27. The van der Waals surface area contributed by atoms with Gasteiger partial charge in [-0.2, -0.15) is 0 Å². The van der Waals surface area contributed by atoms with Crippen LogP contribution in [0, 0.1) is 11.7 Å². The zero-order chi connectivity index (χ0) is 13.3. The molecule has 1 aliphatic rings. The van der Waals surface area contributed by atoms with E-state index in [1.54, 1.807) is 15.9 Å². The largest absolute Gasteiger partial charge is 0.396 e. The minimum Gasteiger partial charge on any atom is -0.396 e. The molecule has 0 aromatic heterocycles. The lowest BCUT2D eigenvalue weighted by molar-refractivity contribution is 0.0358. The summed E-state index contributed by atoms with van der Waals surface area (Å²) in [6, 6.07) is 4.59. The number of nitrogens with zero attached hydrogens (tertiary/aromatic N) is 2. The molecule has 0 saturated carbocycles. The highest BCUT2D eigenvalue weighted by Crippen LogP contribution is 2.22. The smallest absolute Gasteiger partial charge is 0.256 e. The molecule has 1 aromatic carbocycles. The standard InChI is InChI=1S/C13H17FN2O2/c1-15(2)10-3-4-11(12(14)5-10)13(18)16-6-9(7-16)8-17/h3-5,9,17H,6-8H2,1-2H3. The zero-order valence-corrected chi connectivity index (χ0v) is 10.6. The Labute approximate surface area is 106 Å². The number of rotatable bonds is 3. The number of carbonyl (C=O) groups is 1. The first-order valence-corrected chi connectivity index (χ1v) is 5.90. The normalized spacial score (nSPS) is 15.4. The summed E-state index contributed by atoms with van der Waals surface area (Å²) in [5, 5.41) is 8.89. The van der Waals surface area contributed by atoms with Gasteiger partial charge in [-0.1, -0.05) is 0 Å². The van der Waals surface area contributed by atoms with Crippen molar-refractivity contribution in [1.82, 2.24) is 4.90 Å². The second-order valence-corrected chi connectivity index (χ2v) is 4.82. The van der Waals surface area contributed by atoms with Crippen LogP contribution in [0.25, 0.3) is 0 Å². The molecule has 0 bridgehead atoms. The van der Waals surface area contributed by atoms with Crippen molar-refractivity contribution in [2.75, 3.05) is 38.7 Å². The summed E-state index contributed by atoms with van der Waals surface area (Å²) < 4.78 is 13.8. The fraction of sp³-hybridized carbons (Fsp3) is 0.462. The number of aliphatic hydroxyl groups excluding tert-OH is 1. The third-order valence-electron chi connectivity index (χ3n) is 3.20. The second kappa shape index (κ2) is 4.94. The van der Waals surface area contributed by atoms with Gasteiger partial charge in [0.25, 0.3) is 5.91 Å². The van der Waals surface area contributed by atoms with Gasteiger partial charge in [-0.3, -0.25) is 4.79 Å². The molecule has 1 fully saturated rings. The zero-order valence-electron chi connectivity index (χ0n) is 10.6. The van der Waals surface area contributed by atoms with E-state index in [-0.39, 0.29) is 24.0 Å². The Bertz CT molecular complexity index is 456. The van der Waals surface area contributed by atoms with Crippen LogP contribution < -0.4 is 4.90 Å². The molecule has 98 valence electrons. The summed E-state index contributed by atoms with van der Waals surface area (Å²) in [7, 11) is 3.63. The fourth-order valence-corrected chi connectivity index (χ4v) is 1.98. The van der Waals surface area contributed by atoms with Gasteiger partial charge in [-0.25, -0.2) is 4.39 Å². The minimum absolute atomic E-state index is 0.0752. The van der Waals surface area contributed by atoms with Crippen molar-refractivity contribution >= 4 is 11.6 Å². The summed E-state index contributed by atoms with van der Waals surface area (Å²) in [6.07, 6.45) is 0. The topological polar surface area (TPSA) is 43.8 Å².